The Bertz CT molecular complexity index is 943. The maximum atomic E-state index is 13.0. The molecule has 35 heavy (non-hydrogen) atoms. The predicted octanol–water partition coefficient (Wildman–Crippen LogP) is 7.26. The predicted molar refractivity (Wildman–Crippen MR) is 100 cm³/mol. The van der Waals surface area contributed by atoms with Crippen molar-refractivity contribution in [3.63, 3.8) is 0 Å². The van der Waals surface area contributed by atoms with Crippen LogP contribution in [0.15, 0.2) is 36.4 Å². The van der Waals surface area contributed by atoms with E-state index >= 15 is 0 Å². The maximum absolute atomic E-state index is 13.0. The van der Waals surface area contributed by atoms with Gasteiger partial charge in [-0.3, -0.25) is 0 Å². The molecule has 2 aromatic carbocycles. The van der Waals surface area contributed by atoms with Gasteiger partial charge in [-0.1, -0.05) is 12.1 Å². The van der Waals surface area contributed by atoms with Crippen LogP contribution in [0, 0.1) is 0 Å². The lowest BCUT2D eigenvalue weighted by Gasteiger charge is -2.20. The molecule has 2 N–H and O–H groups in total. The molecule has 2 rings (SSSR count). The van der Waals surface area contributed by atoms with Gasteiger partial charge in [-0.25, -0.2) is 0 Å². The van der Waals surface area contributed by atoms with Crippen molar-refractivity contribution < 1.29 is 62.9 Å². The highest BCUT2D eigenvalue weighted by atomic mass is 32.2. The molecule has 0 aromatic heterocycles. The molecule has 0 aliphatic carbocycles. The van der Waals surface area contributed by atoms with E-state index in [-0.39, 0.29) is 24.3 Å². The minimum atomic E-state index is -5.39. The summed E-state index contributed by atoms with van der Waals surface area (Å²) in [5.74, 6) is -0.987. The van der Waals surface area contributed by atoms with Gasteiger partial charge in [0, 0.05) is 11.5 Å². The molecule has 0 saturated heterocycles. The van der Waals surface area contributed by atoms with E-state index in [0.29, 0.717) is 23.9 Å². The molecule has 0 heterocycles. The Kier molecular flexibility index (Phi) is 8.39. The Morgan fingerprint density at radius 2 is 0.800 bits per heavy atom. The molecule has 0 aliphatic rings. The number of thioether (sulfide) groups is 1. The van der Waals surface area contributed by atoms with Crippen molar-refractivity contribution in [1.82, 2.24) is 0 Å². The third kappa shape index (κ3) is 7.43. The molecule has 0 radical (unpaired) electrons. The lowest BCUT2D eigenvalue weighted by atomic mass is 10.0. The summed E-state index contributed by atoms with van der Waals surface area (Å²) in [5.41, 5.74) is -9.08. The van der Waals surface area contributed by atoms with Crippen LogP contribution in [0.5, 0.6) is 0 Å². The number of aliphatic hydroxyl groups excluding tert-OH is 2. The average Bonchev–Trinajstić information content (AvgIpc) is 2.70. The summed E-state index contributed by atoms with van der Waals surface area (Å²) >= 11 is 0.598. The molecule has 0 amide bonds. The molecule has 2 aromatic rings. The van der Waals surface area contributed by atoms with Gasteiger partial charge < -0.3 is 10.2 Å². The van der Waals surface area contributed by atoms with Crippen LogP contribution in [-0.2, 0) is 24.7 Å². The molecule has 2 unspecified atom stereocenters. The summed E-state index contributed by atoms with van der Waals surface area (Å²) in [5, 5.41) is 20.1. The van der Waals surface area contributed by atoms with Gasteiger partial charge >= 0.3 is 24.7 Å². The first-order valence-electron chi connectivity index (χ1n) is 9.23. The smallest absolute Gasteiger partial charge is 0.388 e. The Morgan fingerprint density at radius 3 is 1.06 bits per heavy atom. The van der Waals surface area contributed by atoms with E-state index in [1.165, 1.54) is 0 Å². The normalized spacial score (nSPS) is 15.3. The second kappa shape index (κ2) is 10.1. The van der Waals surface area contributed by atoms with Gasteiger partial charge in [0.25, 0.3) is 0 Å². The fraction of sp³-hybridized carbons (Fsp3) is 0.400. The van der Waals surface area contributed by atoms with Crippen LogP contribution in [0.3, 0.4) is 0 Å². The van der Waals surface area contributed by atoms with E-state index in [1.807, 2.05) is 0 Å². The van der Waals surface area contributed by atoms with Crippen LogP contribution in [0.25, 0.3) is 0 Å². The Morgan fingerprint density at radius 1 is 0.514 bits per heavy atom. The lowest BCUT2D eigenvalue weighted by molar-refractivity contribution is -0.162. The monoisotopic (exact) mass is 546 g/mol. The van der Waals surface area contributed by atoms with Crippen molar-refractivity contribution in [2.45, 2.75) is 36.9 Å². The SMILES string of the molecule is OC(CSCC(O)c1ccc(C(F)(F)F)c(C(F)(F)F)c1)c1ccc(C(F)(F)F)c(C(F)(F)F)c1. The largest absolute Gasteiger partial charge is 0.417 e. The summed E-state index contributed by atoms with van der Waals surface area (Å²) in [6, 6.07) is 1.73. The molecule has 15 heteroatoms. The van der Waals surface area contributed by atoms with E-state index < -0.39 is 81.8 Å². The number of halogens is 12. The third-order valence-corrected chi connectivity index (χ3v) is 5.73. The minimum Gasteiger partial charge on any atom is -0.388 e. The van der Waals surface area contributed by atoms with Crippen molar-refractivity contribution in [3.05, 3.63) is 69.8 Å². The number of hydrogen-bond acceptors (Lipinski definition) is 3. The van der Waals surface area contributed by atoms with Crippen LogP contribution >= 0.6 is 11.8 Å². The average molecular weight is 546 g/mol. The number of benzene rings is 2. The molecule has 2 nitrogen and oxygen atoms in total. The Labute approximate surface area is 193 Å². The highest BCUT2D eigenvalue weighted by Gasteiger charge is 2.44. The molecule has 0 spiro atoms. The minimum absolute atomic E-state index is 0.107. The van der Waals surface area contributed by atoms with Crippen LogP contribution in [-0.4, -0.2) is 21.7 Å². The third-order valence-electron chi connectivity index (χ3n) is 4.63. The van der Waals surface area contributed by atoms with E-state index in [2.05, 4.69) is 0 Å². The van der Waals surface area contributed by atoms with E-state index in [4.69, 9.17) is 0 Å². The van der Waals surface area contributed by atoms with Crippen LogP contribution < -0.4 is 0 Å². The maximum Gasteiger partial charge on any atom is 0.417 e. The molecule has 0 saturated carbocycles. The van der Waals surface area contributed by atoms with Crippen LogP contribution in [0.4, 0.5) is 52.7 Å². The Balaban J connectivity index is 2.15. The molecule has 0 fully saturated rings. The lowest BCUT2D eigenvalue weighted by Crippen LogP contribution is -2.18. The second-order valence-corrected chi connectivity index (χ2v) is 8.25. The molecular weight excluding hydrogens is 532 g/mol. The molecule has 196 valence electrons. The molecule has 2 atom stereocenters. The molecule has 0 aliphatic heterocycles. The van der Waals surface area contributed by atoms with Crippen LogP contribution in [0.1, 0.15) is 45.6 Å². The number of rotatable bonds is 6. The van der Waals surface area contributed by atoms with Crippen molar-refractivity contribution >= 4 is 11.8 Å². The van der Waals surface area contributed by atoms with Gasteiger partial charge in [0.1, 0.15) is 0 Å². The zero-order chi connectivity index (χ0) is 27.0. The van der Waals surface area contributed by atoms with Gasteiger partial charge in [0.2, 0.25) is 0 Å². The van der Waals surface area contributed by atoms with E-state index in [0.717, 1.165) is 0 Å². The van der Waals surface area contributed by atoms with E-state index in [1.54, 1.807) is 0 Å². The number of hydrogen-bond donors (Lipinski definition) is 2. The van der Waals surface area contributed by atoms with Gasteiger partial charge in [0.05, 0.1) is 34.5 Å². The quantitative estimate of drug-likeness (QED) is 0.375. The second-order valence-electron chi connectivity index (χ2n) is 7.17. The Hall–Kier alpha value is -2.13. The van der Waals surface area contributed by atoms with Gasteiger partial charge in [-0.2, -0.15) is 64.4 Å². The standard InChI is InChI=1S/C20H14F12O2S/c21-17(22,23)11-3-1-9(5-13(11)19(27,28)29)15(33)7-35-8-16(34)10-2-4-12(18(24,25)26)14(6-10)20(30,31)32/h1-6,15-16,33-34H,7-8H2. The zero-order valence-electron chi connectivity index (χ0n) is 16.9. The molecule has 0 bridgehead atoms. The van der Waals surface area contributed by atoms with Crippen molar-refractivity contribution in [2.75, 3.05) is 11.5 Å². The van der Waals surface area contributed by atoms with Gasteiger partial charge in [-0.15, -0.1) is 0 Å². The molecular formula is C20H14F12O2S. The first kappa shape index (κ1) is 29.1. The highest BCUT2D eigenvalue weighted by molar-refractivity contribution is 7.99. The summed E-state index contributed by atoms with van der Waals surface area (Å²) in [4.78, 5) is 0. The van der Waals surface area contributed by atoms with Gasteiger partial charge in [0.15, 0.2) is 0 Å². The van der Waals surface area contributed by atoms with Crippen LogP contribution in [0.2, 0.25) is 0 Å². The van der Waals surface area contributed by atoms with Crippen molar-refractivity contribution in [1.29, 1.82) is 0 Å². The van der Waals surface area contributed by atoms with Crippen molar-refractivity contribution in [3.8, 4) is 0 Å². The summed E-state index contributed by atoms with van der Waals surface area (Å²) < 4.78 is 155. The van der Waals surface area contributed by atoms with E-state index in [9.17, 15) is 62.9 Å². The summed E-state index contributed by atoms with van der Waals surface area (Å²) in [6.07, 6.45) is -24.9. The summed E-state index contributed by atoms with van der Waals surface area (Å²) in [7, 11) is 0. The van der Waals surface area contributed by atoms with Gasteiger partial charge in [-0.05, 0) is 35.4 Å². The fourth-order valence-electron chi connectivity index (χ4n) is 2.99. The fourth-order valence-corrected chi connectivity index (χ4v) is 3.95. The number of alkyl halides is 12. The first-order chi connectivity index (χ1) is 15.7. The first-order valence-corrected chi connectivity index (χ1v) is 10.4. The highest BCUT2D eigenvalue weighted by Crippen LogP contribution is 2.43. The number of aliphatic hydroxyl groups is 2. The summed E-state index contributed by atoms with van der Waals surface area (Å²) in [6.45, 7) is 0. The topological polar surface area (TPSA) is 40.5 Å². The zero-order valence-corrected chi connectivity index (χ0v) is 17.7. The van der Waals surface area contributed by atoms with Crippen molar-refractivity contribution in [2.24, 2.45) is 0 Å².